The van der Waals surface area contributed by atoms with Gasteiger partial charge in [-0.2, -0.15) is 13.2 Å². The standard InChI is InChI=1S/C24H24F3NO6S/c25-24(26,27)18-4-1-5-20(13-18)35(31,32)28-14-19(7-9-23(29)30)34-22-8-6-16(12-21(22)28)11-17-3-2-10-33-15-17/h1,4-6,8,11-13,19H,2-3,7,9-10,14-15H2,(H,29,30). The van der Waals surface area contributed by atoms with Gasteiger partial charge in [0.15, 0.2) is 0 Å². The molecule has 2 aromatic carbocycles. The zero-order chi connectivity index (χ0) is 25.2. The number of carboxylic acids is 1. The maximum absolute atomic E-state index is 13.6. The Morgan fingerprint density at radius 1 is 1.20 bits per heavy atom. The molecule has 2 aliphatic heterocycles. The Morgan fingerprint density at radius 3 is 2.69 bits per heavy atom. The van der Waals surface area contributed by atoms with Gasteiger partial charge in [-0.05, 0) is 60.7 Å². The predicted octanol–water partition coefficient (Wildman–Crippen LogP) is 4.72. The number of aliphatic carboxylic acids is 1. The Labute approximate surface area is 200 Å². The molecule has 11 heteroatoms. The molecule has 0 saturated carbocycles. The number of fused-ring (bicyclic) bond motifs is 1. The highest BCUT2D eigenvalue weighted by Crippen LogP contribution is 2.40. The number of hydrogen-bond acceptors (Lipinski definition) is 5. The van der Waals surface area contributed by atoms with Crippen molar-refractivity contribution in [2.24, 2.45) is 0 Å². The largest absolute Gasteiger partial charge is 0.486 e. The topological polar surface area (TPSA) is 93.1 Å². The number of halogens is 3. The van der Waals surface area contributed by atoms with Crippen LogP contribution < -0.4 is 9.04 Å². The normalized spacial score (nSPS) is 19.8. The lowest BCUT2D eigenvalue weighted by molar-refractivity contribution is -0.138. The summed E-state index contributed by atoms with van der Waals surface area (Å²) < 4.78 is 79.2. The van der Waals surface area contributed by atoms with E-state index in [0.717, 1.165) is 40.9 Å². The minimum absolute atomic E-state index is 0.0343. The number of benzene rings is 2. The van der Waals surface area contributed by atoms with Crippen LogP contribution in [-0.2, 0) is 25.7 Å². The fraction of sp³-hybridized carbons (Fsp3) is 0.375. The van der Waals surface area contributed by atoms with Crippen molar-refractivity contribution in [2.75, 3.05) is 24.1 Å². The van der Waals surface area contributed by atoms with Gasteiger partial charge in [-0.3, -0.25) is 9.10 Å². The molecule has 0 bridgehead atoms. The first-order valence-electron chi connectivity index (χ1n) is 11.0. The Bertz CT molecular complexity index is 1230. The Kier molecular flexibility index (Phi) is 7.09. The molecular weight excluding hydrogens is 487 g/mol. The summed E-state index contributed by atoms with van der Waals surface area (Å²) >= 11 is 0. The second kappa shape index (κ2) is 9.90. The van der Waals surface area contributed by atoms with Crippen LogP contribution in [0.25, 0.3) is 6.08 Å². The van der Waals surface area contributed by atoms with E-state index < -0.39 is 38.7 Å². The monoisotopic (exact) mass is 511 g/mol. The second-order valence-corrected chi connectivity index (χ2v) is 10.3. The number of rotatable bonds is 6. The van der Waals surface area contributed by atoms with Crippen molar-refractivity contribution in [3.8, 4) is 5.75 Å². The fourth-order valence-electron chi connectivity index (χ4n) is 4.07. The van der Waals surface area contributed by atoms with Gasteiger partial charge in [0.1, 0.15) is 11.9 Å². The van der Waals surface area contributed by atoms with Crippen LogP contribution in [0.1, 0.15) is 36.8 Å². The lowest BCUT2D eigenvalue weighted by Gasteiger charge is -2.35. The number of alkyl halides is 3. The highest BCUT2D eigenvalue weighted by atomic mass is 32.2. The molecule has 1 saturated heterocycles. The number of carbonyl (C=O) groups is 1. The quantitative estimate of drug-likeness (QED) is 0.603. The van der Waals surface area contributed by atoms with Gasteiger partial charge in [-0.25, -0.2) is 8.42 Å². The molecule has 4 rings (SSSR count). The SMILES string of the molecule is O=C(O)CCC1CN(S(=O)(=O)c2cccc(C(F)(F)F)c2)c2cc(C=C3CCCOC3)ccc2O1. The van der Waals surface area contributed by atoms with Crippen LogP contribution in [0, 0.1) is 0 Å². The number of nitrogens with zero attached hydrogens (tertiary/aromatic N) is 1. The van der Waals surface area contributed by atoms with Gasteiger partial charge in [0.05, 0.1) is 29.3 Å². The highest BCUT2D eigenvalue weighted by Gasteiger charge is 2.37. The van der Waals surface area contributed by atoms with Crippen molar-refractivity contribution in [1.29, 1.82) is 0 Å². The van der Waals surface area contributed by atoms with E-state index in [0.29, 0.717) is 24.8 Å². The van der Waals surface area contributed by atoms with E-state index in [1.165, 1.54) is 0 Å². The smallest absolute Gasteiger partial charge is 0.416 e. The van der Waals surface area contributed by atoms with Crippen molar-refractivity contribution in [3.05, 3.63) is 59.2 Å². The molecule has 0 radical (unpaired) electrons. The lowest BCUT2D eigenvalue weighted by Crippen LogP contribution is -2.43. The number of ether oxygens (including phenoxy) is 2. The third-order valence-electron chi connectivity index (χ3n) is 5.79. The molecule has 188 valence electrons. The minimum atomic E-state index is -4.71. The molecule has 1 N–H and O–H groups in total. The Hall–Kier alpha value is -3.05. The van der Waals surface area contributed by atoms with E-state index in [1.807, 2.05) is 6.08 Å². The van der Waals surface area contributed by atoms with Crippen molar-refractivity contribution < 1.29 is 41.0 Å². The lowest BCUT2D eigenvalue weighted by atomic mass is 10.0. The molecule has 1 atom stereocenters. The number of anilines is 1. The molecule has 2 aliphatic rings. The van der Waals surface area contributed by atoms with E-state index in [9.17, 15) is 26.4 Å². The van der Waals surface area contributed by atoms with Crippen molar-refractivity contribution in [3.63, 3.8) is 0 Å². The Morgan fingerprint density at radius 2 is 2.00 bits per heavy atom. The molecule has 1 fully saturated rings. The minimum Gasteiger partial charge on any atom is -0.486 e. The summed E-state index contributed by atoms with van der Waals surface area (Å²) in [5.41, 5.74) is 0.839. The summed E-state index contributed by atoms with van der Waals surface area (Å²) in [5, 5.41) is 9.03. The zero-order valence-electron chi connectivity index (χ0n) is 18.6. The molecule has 0 aromatic heterocycles. The summed E-state index contributed by atoms with van der Waals surface area (Å²) in [6.45, 7) is 0.912. The van der Waals surface area contributed by atoms with E-state index >= 15 is 0 Å². The van der Waals surface area contributed by atoms with Crippen molar-refractivity contribution in [2.45, 2.75) is 42.9 Å². The van der Waals surface area contributed by atoms with Gasteiger partial charge in [0.2, 0.25) is 0 Å². The summed E-state index contributed by atoms with van der Waals surface area (Å²) in [6.07, 6.45) is -2.09. The van der Waals surface area contributed by atoms with Crippen LogP contribution in [0.15, 0.2) is 52.9 Å². The van der Waals surface area contributed by atoms with Crippen LogP contribution in [0.4, 0.5) is 18.9 Å². The third kappa shape index (κ3) is 5.79. The van der Waals surface area contributed by atoms with Crippen LogP contribution in [-0.4, -0.2) is 45.4 Å². The second-order valence-electron chi connectivity index (χ2n) is 8.42. The molecule has 0 spiro atoms. The first-order chi connectivity index (χ1) is 16.5. The Balaban J connectivity index is 1.75. The molecule has 1 unspecified atom stereocenters. The average Bonchev–Trinajstić information content (AvgIpc) is 2.82. The fourth-order valence-corrected chi connectivity index (χ4v) is 5.61. The maximum atomic E-state index is 13.6. The number of hydrogen-bond donors (Lipinski definition) is 1. The first kappa shape index (κ1) is 25.1. The van der Waals surface area contributed by atoms with E-state index in [-0.39, 0.29) is 30.8 Å². The van der Waals surface area contributed by atoms with Gasteiger partial charge in [-0.1, -0.05) is 18.2 Å². The number of carboxylic acid groups (broad SMARTS) is 1. The maximum Gasteiger partial charge on any atom is 0.416 e. The highest BCUT2D eigenvalue weighted by molar-refractivity contribution is 7.92. The van der Waals surface area contributed by atoms with E-state index in [2.05, 4.69) is 0 Å². The van der Waals surface area contributed by atoms with Gasteiger partial charge in [0, 0.05) is 13.0 Å². The van der Waals surface area contributed by atoms with Gasteiger partial charge >= 0.3 is 12.1 Å². The van der Waals surface area contributed by atoms with E-state index in [1.54, 1.807) is 18.2 Å². The average molecular weight is 512 g/mol. The van der Waals surface area contributed by atoms with Crippen LogP contribution >= 0.6 is 0 Å². The molecule has 0 amide bonds. The van der Waals surface area contributed by atoms with Gasteiger partial charge < -0.3 is 14.6 Å². The van der Waals surface area contributed by atoms with Crippen LogP contribution in [0.3, 0.4) is 0 Å². The molecule has 35 heavy (non-hydrogen) atoms. The van der Waals surface area contributed by atoms with Crippen molar-refractivity contribution >= 4 is 27.8 Å². The molecule has 0 aliphatic carbocycles. The predicted molar refractivity (Wildman–Crippen MR) is 122 cm³/mol. The van der Waals surface area contributed by atoms with Gasteiger partial charge in [0.25, 0.3) is 10.0 Å². The van der Waals surface area contributed by atoms with Crippen LogP contribution in [0.2, 0.25) is 0 Å². The summed E-state index contributed by atoms with van der Waals surface area (Å²) in [4.78, 5) is 10.5. The first-order valence-corrected chi connectivity index (χ1v) is 12.5. The third-order valence-corrected chi connectivity index (χ3v) is 7.56. The summed E-state index contributed by atoms with van der Waals surface area (Å²) in [7, 11) is -4.42. The molecule has 7 nitrogen and oxygen atoms in total. The zero-order valence-corrected chi connectivity index (χ0v) is 19.4. The van der Waals surface area contributed by atoms with Crippen LogP contribution in [0.5, 0.6) is 5.75 Å². The summed E-state index contributed by atoms with van der Waals surface area (Å²) in [5.74, 6) is -0.854. The molecule has 2 aromatic rings. The summed E-state index contributed by atoms with van der Waals surface area (Å²) in [6, 6.07) is 8.50. The number of sulfonamides is 1. The van der Waals surface area contributed by atoms with Gasteiger partial charge in [-0.15, -0.1) is 0 Å². The molecular formula is C24H24F3NO6S. The van der Waals surface area contributed by atoms with E-state index in [4.69, 9.17) is 14.6 Å². The molecule has 2 heterocycles. The van der Waals surface area contributed by atoms with Crippen molar-refractivity contribution in [1.82, 2.24) is 0 Å².